The van der Waals surface area contributed by atoms with Gasteiger partial charge in [0.15, 0.2) is 6.29 Å². The van der Waals surface area contributed by atoms with Gasteiger partial charge in [0.2, 0.25) is 0 Å². The average molecular weight is 199 g/mol. The molecule has 0 saturated heterocycles. The zero-order valence-corrected chi connectivity index (χ0v) is 8.11. The SMILES string of the molecule is COC(CNC(=O)c1ccn[nH]1)OC. The van der Waals surface area contributed by atoms with Crippen molar-refractivity contribution >= 4 is 5.91 Å². The van der Waals surface area contributed by atoms with Crippen LogP contribution in [0.1, 0.15) is 10.5 Å². The van der Waals surface area contributed by atoms with Crippen molar-refractivity contribution in [3.05, 3.63) is 18.0 Å². The predicted molar refractivity (Wildman–Crippen MR) is 48.7 cm³/mol. The number of aromatic amines is 1. The number of H-pyrrole nitrogens is 1. The molecule has 0 aromatic carbocycles. The highest BCUT2D eigenvalue weighted by Crippen LogP contribution is 1.92. The van der Waals surface area contributed by atoms with Crippen molar-refractivity contribution < 1.29 is 14.3 Å². The summed E-state index contributed by atoms with van der Waals surface area (Å²) in [4.78, 5) is 11.3. The second kappa shape index (κ2) is 5.36. The Morgan fingerprint density at radius 3 is 2.86 bits per heavy atom. The van der Waals surface area contributed by atoms with Crippen LogP contribution in [0, 0.1) is 0 Å². The molecular weight excluding hydrogens is 186 g/mol. The van der Waals surface area contributed by atoms with Gasteiger partial charge in [0.1, 0.15) is 5.69 Å². The van der Waals surface area contributed by atoms with E-state index in [9.17, 15) is 4.79 Å². The Labute approximate surface area is 81.6 Å². The molecule has 0 aliphatic rings. The Hall–Kier alpha value is -1.40. The van der Waals surface area contributed by atoms with Crippen LogP contribution in [0.3, 0.4) is 0 Å². The topological polar surface area (TPSA) is 76.2 Å². The second-order valence-electron chi connectivity index (χ2n) is 2.58. The molecular formula is C8H13N3O3. The van der Waals surface area contributed by atoms with Gasteiger partial charge in [-0.05, 0) is 6.07 Å². The standard InChI is InChI=1S/C8H13N3O3/c1-13-7(14-2)5-9-8(12)6-3-4-10-11-6/h3-4,7H,5H2,1-2H3,(H,9,12)(H,10,11). The number of carbonyl (C=O) groups excluding carboxylic acids is 1. The lowest BCUT2D eigenvalue weighted by atomic mass is 10.4. The molecule has 0 aliphatic heterocycles. The van der Waals surface area contributed by atoms with Crippen LogP contribution >= 0.6 is 0 Å². The first-order chi connectivity index (χ1) is 6.77. The zero-order chi connectivity index (χ0) is 10.4. The number of hydrogen-bond acceptors (Lipinski definition) is 4. The smallest absolute Gasteiger partial charge is 0.269 e. The van der Waals surface area contributed by atoms with E-state index < -0.39 is 6.29 Å². The van der Waals surface area contributed by atoms with Gasteiger partial charge in [-0.1, -0.05) is 0 Å². The van der Waals surface area contributed by atoms with E-state index in [0.29, 0.717) is 12.2 Å². The molecule has 14 heavy (non-hydrogen) atoms. The van der Waals surface area contributed by atoms with Gasteiger partial charge in [-0.15, -0.1) is 0 Å². The fourth-order valence-corrected chi connectivity index (χ4v) is 0.916. The average Bonchev–Trinajstić information content (AvgIpc) is 2.72. The molecule has 0 radical (unpaired) electrons. The second-order valence-corrected chi connectivity index (χ2v) is 2.58. The summed E-state index contributed by atoms with van der Waals surface area (Å²) in [6, 6.07) is 1.59. The molecule has 0 fully saturated rings. The van der Waals surface area contributed by atoms with E-state index in [4.69, 9.17) is 9.47 Å². The number of rotatable bonds is 5. The molecule has 0 unspecified atom stereocenters. The van der Waals surface area contributed by atoms with Crippen LogP contribution < -0.4 is 5.32 Å². The van der Waals surface area contributed by atoms with Gasteiger partial charge in [0.05, 0.1) is 6.54 Å². The predicted octanol–water partition coefficient (Wildman–Crippen LogP) is -0.242. The highest BCUT2D eigenvalue weighted by Gasteiger charge is 2.09. The zero-order valence-electron chi connectivity index (χ0n) is 8.11. The first-order valence-corrected chi connectivity index (χ1v) is 4.11. The fourth-order valence-electron chi connectivity index (χ4n) is 0.916. The monoisotopic (exact) mass is 199 g/mol. The van der Waals surface area contributed by atoms with E-state index in [-0.39, 0.29) is 5.91 Å². The third-order valence-corrected chi connectivity index (χ3v) is 1.70. The van der Waals surface area contributed by atoms with Crippen LogP contribution in [0.2, 0.25) is 0 Å². The van der Waals surface area contributed by atoms with Crippen LogP contribution in [-0.2, 0) is 9.47 Å². The van der Waals surface area contributed by atoms with Crippen molar-refractivity contribution in [3.63, 3.8) is 0 Å². The largest absolute Gasteiger partial charge is 0.354 e. The Balaban J connectivity index is 2.35. The third-order valence-electron chi connectivity index (χ3n) is 1.70. The van der Waals surface area contributed by atoms with E-state index in [1.165, 1.54) is 20.4 Å². The van der Waals surface area contributed by atoms with Crippen molar-refractivity contribution in [2.24, 2.45) is 0 Å². The summed E-state index contributed by atoms with van der Waals surface area (Å²) < 4.78 is 9.81. The van der Waals surface area contributed by atoms with E-state index in [1.807, 2.05) is 0 Å². The number of nitrogens with zero attached hydrogens (tertiary/aromatic N) is 1. The van der Waals surface area contributed by atoms with Gasteiger partial charge < -0.3 is 14.8 Å². The van der Waals surface area contributed by atoms with Gasteiger partial charge in [-0.2, -0.15) is 5.10 Å². The molecule has 1 aromatic rings. The molecule has 0 atom stereocenters. The molecule has 0 bridgehead atoms. The van der Waals surface area contributed by atoms with Crippen molar-refractivity contribution in [1.29, 1.82) is 0 Å². The first-order valence-electron chi connectivity index (χ1n) is 4.11. The number of nitrogens with one attached hydrogen (secondary N) is 2. The van der Waals surface area contributed by atoms with E-state index >= 15 is 0 Å². The Morgan fingerprint density at radius 2 is 2.36 bits per heavy atom. The van der Waals surface area contributed by atoms with E-state index in [2.05, 4.69) is 15.5 Å². The molecule has 0 aliphatic carbocycles. The Kier molecular flexibility index (Phi) is 4.09. The number of amides is 1. The summed E-state index contributed by atoms with van der Waals surface area (Å²) in [5.41, 5.74) is 0.413. The quantitative estimate of drug-likeness (QED) is 0.641. The van der Waals surface area contributed by atoms with Crippen molar-refractivity contribution in [1.82, 2.24) is 15.5 Å². The maximum atomic E-state index is 11.3. The lowest BCUT2D eigenvalue weighted by Crippen LogP contribution is -2.34. The molecule has 78 valence electrons. The van der Waals surface area contributed by atoms with Gasteiger partial charge in [-0.25, -0.2) is 0 Å². The molecule has 1 aromatic heterocycles. The molecule has 1 heterocycles. The third kappa shape index (κ3) is 2.82. The summed E-state index contributed by atoms with van der Waals surface area (Å²) in [6.45, 7) is 0.296. The van der Waals surface area contributed by atoms with Crippen molar-refractivity contribution in [2.75, 3.05) is 20.8 Å². The van der Waals surface area contributed by atoms with Gasteiger partial charge in [-0.3, -0.25) is 9.89 Å². The highest BCUT2D eigenvalue weighted by atomic mass is 16.7. The minimum Gasteiger partial charge on any atom is -0.354 e. The number of aromatic nitrogens is 2. The molecule has 6 heteroatoms. The summed E-state index contributed by atoms with van der Waals surface area (Å²) in [6.07, 6.45) is 1.08. The Bertz CT molecular complexity index is 269. The fraction of sp³-hybridized carbons (Fsp3) is 0.500. The minimum atomic E-state index is -0.429. The van der Waals surface area contributed by atoms with Crippen LogP contribution in [0.15, 0.2) is 12.3 Å². The molecule has 6 nitrogen and oxygen atoms in total. The molecule has 2 N–H and O–H groups in total. The molecule has 1 rings (SSSR count). The van der Waals surface area contributed by atoms with Gasteiger partial charge in [0.25, 0.3) is 5.91 Å². The Morgan fingerprint density at radius 1 is 1.64 bits per heavy atom. The molecule has 0 spiro atoms. The van der Waals surface area contributed by atoms with Crippen LogP contribution in [0.5, 0.6) is 0 Å². The van der Waals surface area contributed by atoms with Crippen LogP contribution in [0.25, 0.3) is 0 Å². The van der Waals surface area contributed by atoms with E-state index in [0.717, 1.165) is 0 Å². The lowest BCUT2D eigenvalue weighted by Gasteiger charge is -2.13. The van der Waals surface area contributed by atoms with Crippen LogP contribution in [0.4, 0.5) is 0 Å². The van der Waals surface area contributed by atoms with E-state index in [1.54, 1.807) is 6.07 Å². The summed E-state index contributed by atoms with van der Waals surface area (Å²) in [5, 5.41) is 8.84. The highest BCUT2D eigenvalue weighted by molar-refractivity contribution is 5.92. The molecule has 0 saturated carbocycles. The maximum Gasteiger partial charge on any atom is 0.269 e. The summed E-state index contributed by atoms with van der Waals surface area (Å²) in [7, 11) is 3.02. The maximum absolute atomic E-state index is 11.3. The lowest BCUT2D eigenvalue weighted by molar-refractivity contribution is -0.0974. The van der Waals surface area contributed by atoms with Gasteiger partial charge in [0, 0.05) is 20.4 Å². The van der Waals surface area contributed by atoms with Gasteiger partial charge >= 0.3 is 0 Å². The number of carbonyl (C=O) groups is 1. The summed E-state index contributed by atoms with van der Waals surface area (Å²) >= 11 is 0. The number of methoxy groups -OCH3 is 2. The minimum absolute atomic E-state index is 0.235. The number of hydrogen-bond donors (Lipinski definition) is 2. The normalized spacial score (nSPS) is 10.5. The summed E-state index contributed by atoms with van der Waals surface area (Å²) in [5.74, 6) is -0.235. The van der Waals surface area contributed by atoms with Crippen LogP contribution in [-0.4, -0.2) is 43.2 Å². The molecule has 1 amide bonds. The first kappa shape index (κ1) is 10.7. The number of ether oxygens (including phenoxy) is 2. The van der Waals surface area contributed by atoms with Crippen molar-refractivity contribution in [2.45, 2.75) is 6.29 Å². The van der Waals surface area contributed by atoms with Crippen molar-refractivity contribution in [3.8, 4) is 0 Å².